The summed E-state index contributed by atoms with van der Waals surface area (Å²) in [5.74, 6) is -0.143. The lowest BCUT2D eigenvalue weighted by molar-refractivity contribution is 0.0535. The molecule has 3 rings (SSSR count). The summed E-state index contributed by atoms with van der Waals surface area (Å²) in [5.41, 5.74) is 2.52. The van der Waals surface area contributed by atoms with Gasteiger partial charge in [-0.2, -0.15) is 0 Å². The molecule has 0 unspecified atom stereocenters. The maximum absolute atomic E-state index is 12.7. The first-order valence-electron chi connectivity index (χ1n) is 8.96. The summed E-state index contributed by atoms with van der Waals surface area (Å²) in [4.78, 5) is 28.8. The smallest absolute Gasteiger partial charge is 0.254 e. The number of rotatable bonds is 4. The molecule has 1 aliphatic heterocycles. The molecule has 2 aromatic carbocycles. The van der Waals surface area contributed by atoms with Crippen molar-refractivity contribution >= 4 is 27.5 Å². The highest BCUT2D eigenvalue weighted by Gasteiger charge is 2.26. The lowest BCUT2D eigenvalue weighted by atomic mass is 10.1. The Balaban J connectivity index is 1.61. The predicted octanol–water partition coefficient (Wildman–Crippen LogP) is 1.96. The SMILES string of the molecule is Cc1ccccc1C(=O)N1CCN(C(=O)c2ccc(NS(C)(=O)=O)cc2)CC1. The largest absolute Gasteiger partial charge is 0.335 e. The average molecular weight is 401 g/mol. The Kier molecular flexibility index (Phi) is 5.69. The topological polar surface area (TPSA) is 86.8 Å². The molecule has 1 aliphatic rings. The standard InChI is InChI=1S/C20H23N3O4S/c1-15-5-3-4-6-18(15)20(25)23-13-11-22(12-14-23)19(24)16-7-9-17(10-8-16)21-28(2,26)27/h3-10,21H,11-14H2,1-2H3. The van der Waals surface area contributed by atoms with E-state index in [0.717, 1.165) is 11.8 Å². The second-order valence-corrected chi connectivity index (χ2v) is 8.60. The van der Waals surface area contributed by atoms with Gasteiger partial charge in [0.15, 0.2) is 0 Å². The molecule has 0 spiro atoms. The summed E-state index contributed by atoms with van der Waals surface area (Å²) in [7, 11) is -3.35. The average Bonchev–Trinajstić information content (AvgIpc) is 2.67. The monoisotopic (exact) mass is 401 g/mol. The number of piperazine rings is 1. The maximum atomic E-state index is 12.7. The van der Waals surface area contributed by atoms with Gasteiger partial charge in [-0.25, -0.2) is 8.42 Å². The molecule has 2 amide bonds. The highest BCUT2D eigenvalue weighted by Crippen LogP contribution is 2.16. The number of amides is 2. The van der Waals surface area contributed by atoms with E-state index in [1.165, 1.54) is 0 Å². The van der Waals surface area contributed by atoms with Crippen molar-refractivity contribution in [2.75, 3.05) is 37.2 Å². The summed E-state index contributed by atoms with van der Waals surface area (Å²) in [6, 6.07) is 13.8. The first-order valence-corrected chi connectivity index (χ1v) is 10.9. The number of benzene rings is 2. The molecule has 7 nitrogen and oxygen atoms in total. The van der Waals surface area contributed by atoms with Crippen LogP contribution < -0.4 is 4.72 Å². The van der Waals surface area contributed by atoms with Crippen LogP contribution in [0.3, 0.4) is 0 Å². The van der Waals surface area contributed by atoms with Crippen molar-refractivity contribution in [2.24, 2.45) is 0 Å². The molecular formula is C20H23N3O4S. The molecule has 1 saturated heterocycles. The summed E-state index contributed by atoms with van der Waals surface area (Å²) in [6.45, 7) is 3.79. The second kappa shape index (κ2) is 8.02. The van der Waals surface area contributed by atoms with Crippen molar-refractivity contribution < 1.29 is 18.0 Å². The van der Waals surface area contributed by atoms with E-state index in [1.54, 1.807) is 34.1 Å². The molecule has 0 aliphatic carbocycles. The van der Waals surface area contributed by atoms with Crippen molar-refractivity contribution in [1.82, 2.24) is 9.80 Å². The summed E-state index contributed by atoms with van der Waals surface area (Å²) >= 11 is 0. The predicted molar refractivity (Wildman–Crippen MR) is 108 cm³/mol. The molecule has 1 heterocycles. The lowest BCUT2D eigenvalue weighted by Gasteiger charge is -2.35. The molecule has 0 bridgehead atoms. The van der Waals surface area contributed by atoms with Gasteiger partial charge in [0.25, 0.3) is 11.8 Å². The van der Waals surface area contributed by atoms with Crippen LogP contribution >= 0.6 is 0 Å². The Morgan fingerprint density at radius 3 is 1.93 bits per heavy atom. The molecule has 8 heteroatoms. The van der Waals surface area contributed by atoms with Crippen molar-refractivity contribution in [2.45, 2.75) is 6.92 Å². The number of carbonyl (C=O) groups is 2. The summed E-state index contributed by atoms with van der Waals surface area (Å²) < 4.78 is 24.9. The lowest BCUT2D eigenvalue weighted by Crippen LogP contribution is -2.50. The van der Waals surface area contributed by atoms with Crippen LogP contribution in [0.1, 0.15) is 26.3 Å². The third-order valence-corrected chi connectivity index (χ3v) is 5.27. The fraction of sp³-hybridized carbons (Fsp3) is 0.300. The number of carbonyl (C=O) groups excluding carboxylic acids is 2. The molecule has 1 fully saturated rings. The zero-order valence-corrected chi connectivity index (χ0v) is 16.7. The molecule has 0 radical (unpaired) electrons. The summed E-state index contributed by atoms with van der Waals surface area (Å²) in [6.07, 6.45) is 1.07. The van der Waals surface area contributed by atoms with Gasteiger partial charge in [-0.05, 0) is 42.8 Å². The fourth-order valence-corrected chi connectivity index (χ4v) is 3.74. The van der Waals surface area contributed by atoms with Crippen LogP contribution in [0.5, 0.6) is 0 Å². The van der Waals surface area contributed by atoms with Gasteiger partial charge in [-0.1, -0.05) is 18.2 Å². The van der Waals surface area contributed by atoms with Gasteiger partial charge in [-0.3, -0.25) is 14.3 Å². The number of aryl methyl sites for hydroxylation is 1. The number of nitrogens with one attached hydrogen (secondary N) is 1. The Morgan fingerprint density at radius 1 is 0.857 bits per heavy atom. The van der Waals surface area contributed by atoms with Crippen LogP contribution in [-0.2, 0) is 10.0 Å². The van der Waals surface area contributed by atoms with Gasteiger partial charge in [-0.15, -0.1) is 0 Å². The molecule has 0 atom stereocenters. The molecule has 28 heavy (non-hydrogen) atoms. The second-order valence-electron chi connectivity index (χ2n) is 6.85. The highest BCUT2D eigenvalue weighted by molar-refractivity contribution is 7.92. The summed E-state index contributed by atoms with van der Waals surface area (Å²) in [5, 5.41) is 0. The number of sulfonamides is 1. The van der Waals surface area contributed by atoms with Crippen LogP contribution in [0.15, 0.2) is 48.5 Å². The Hall–Kier alpha value is -2.87. The Labute approximate surface area is 165 Å². The van der Waals surface area contributed by atoms with E-state index in [9.17, 15) is 18.0 Å². The van der Waals surface area contributed by atoms with Crippen LogP contribution in [0.2, 0.25) is 0 Å². The minimum Gasteiger partial charge on any atom is -0.335 e. The van der Waals surface area contributed by atoms with E-state index in [-0.39, 0.29) is 11.8 Å². The third-order valence-electron chi connectivity index (χ3n) is 4.66. The molecule has 0 aromatic heterocycles. The number of hydrogen-bond acceptors (Lipinski definition) is 4. The van der Waals surface area contributed by atoms with Gasteiger partial charge < -0.3 is 9.80 Å². The molecule has 0 saturated carbocycles. The minimum atomic E-state index is -3.35. The Morgan fingerprint density at radius 2 is 1.39 bits per heavy atom. The van der Waals surface area contributed by atoms with Crippen LogP contribution in [0.4, 0.5) is 5.69 Å². The number of nitrogens with zero attached hydrogens (tertiary/aromatic N) is 2. The zero-order valence-electron chi connectivity index (χ0n) is 15.9. The third kappa shape index (κ3) is 4.69. The van der Waals surface area contributed by atoms with Crippen molar-refractivity contribution in [3.8, 4) is 0 Å². The molecular weight excluding hydrogens is 378 g/mol. The molecule has 2 aromatic rings. The molecule has 1 N–H and O–H groups in total. The van der Waals surface area contributed by atoms with E-state index >= 15 is 0 Å². The molecule has 148 valence electrons. The first kappa shape index (κ1) is 19.9. The van der Waals surface area contributed by atoms with Gasteiger partial charge in [0.05, 0.1) is 6.26 Å². The number of anilines is 1. The highest BCUT2D eigenvalue weighted by atomic mass is 32.2. The van der Waals surface area contributed by atoms with Crippen molar-refractivity contribution in [3.05, 3.63) is 65.2 Å². The van der Waals surface area contributed by atoms with Gasteiger partial charge in [0.1, 0.15) is 0 Å². The van der Waals surface area contributed by atoms with E-state index in [2.05, 4.69) is 4.72 Å². The fourth-order valence-electron chi connectivity index (χ4n) is 3.17. The van der Waals surface area contributed by atoms with Crippen molar-refractivity contribution in [1.29, 1.82) is 0 Å². The van der Waals surface area contributed by atoms with Crippen LogP contribution in [0, 0.1) is 6.92 Å². The Bertz CT molecular complexity index is 979. The maximum Gasteiger partial charge on any atom is 0.254 e. The number of hydrogen-bond donors (Lipinski definition) is 1. The van der Waals surface area contributed by atoms with Gasteiger partial charge >= 0.3 is 0 Å². The van der Waals surface area contributed by atoms with Crippen molar-refractivity contribution in [3.63, 3.8) is 0 Å². The van der Waals surface area contributed by atoms with E-state index < -0.39 is 10.0 Å². The van der Waals surface area contributed by atoms with Gasteiger partial charge in [0.2, 0.25) is 10.0 Å². The quantitative estimate of drug-likeness (QED) is 0.849. The van der Waals surface area contributed by atoms with Crippen LogP contribution in [0.25, 0.3) is 0 Å². The van der Waals surface area contributed by atoms with Crippen LogP contribution in [-0.4, -0.2) is 62.5 Å². The normalized spacial score (nSPS) is 14.6. The van der Waals surface area contributed by atoms with E-state index in [0.29, 0.717) is 43.0 Å². The minimum absolute atomic E-state index is 0.0126. The van der Waals surface area contributed by atoms with E-state index in [1.807, 2.05) is 31.2 Å². The van der Waals surface area contributed by atoms with Gasteiger partial charge in [0, 0.05) is 43.0 Å². The first-order chi connectivity index (χ1) is 13.2. The zero-order chi connectivity index (χ0) is 20.3. The van der Waals surface area contributed by atoms with E-state index in [4.69, 9.17) is 0 Å².